The van der Waals surface area contributed by atoms with E-state index in [2.05, 4.69) is 33.8 Å². The predicted molar refractivity (Wildman–Crippen MR) is 154 cm³/mol. The fourth-order valence-electron chi connectivity index (χ4n) is 4.24. The van der Waals surface area contributed by atoms with Crippen LogP contribution in [-0.2, 0) is 78.3 Å². The monoisotopic (exact) mass is 830 g/mol. The second kappa shape index (κ2) is 15.6. The van der Waals surface area contributed by atoms with Crippen LogP contribution in [-0.4, -0.2) is 100 Å². The van der Waals surface area contributed by atoms with Crippen LogP contribution in [0, 0.1) is 0 Å². The van der Waals surface area contributed by atoms with Crippen LogP contribution in [0.25, 0.3) is 0 Å². The van der Waals surface area contributed by atoms with Gasteiger partial charge in [-0.1, -0.05) is 0 Å². The number of phosphoric ester groups is 2. The minimum atomic E-state index is -5.38. The molecule has 9 atom stereocenters. The van der Waals surface area contributed by atoms with E-state index in [1.54, 1.807) is 0 Å². The average Bonchev–Trinajstić information content (AvgIpc) is 3.20. The van der Waals surface area contributed by atoms with Crippen molar-refractivity contribution >= 4 is 52.7 Å². The van der Waals surface area contributed by atoms with Crippen LogP contribution in [0.4, 0.5) is 11.8 Å². The molecule has 1 fully saturated rings. The van der Waals surface area contributed by atoms with E-state index in [-0.39, 0.29) is 64.4 Å². The molecule has 0 amide bonds. The molecule has 1 saturated heterocycles. The number of aromatic nitrogens is 4. The first kappa shape index (κ1) is 41.0. The van der Waals surface area contributed by atoms with Crippen molar-refractivity contribution in [3.8, 4) is 0 Å². The van der Waals surface area contributed by atoms with Crippen LogP contribution in [0.15, 0.2) is 41.6 Å². The van der Waals surface area contributed by atoms with Gasteiger partial charge in [-0.2, -0.15) is 24.1 Å². The first-order chi connectivity index (χ1) is 20.5. The van der Waals surface area contributed by atoms with Gasteiger partial charge in [0.2, 0.25) is 5.95 Å². The van der Waals surface area contributed by atoms with Gasteiger partial charge in [0.05, 0.1) is 25.4 Å². The van der Waals surface area contributed by atoms with Crippen molar-refractivity contribution in [3.05, 3.63) is 53.8 Å². The van der Waals surface area contributed by atoms with Gasteiger partial charge in [0.1, 0.15) is 24.1 Å². The Bertz CT molecular complexity index is 1850. The number of nitrogen functional groups attached to an aromatic ring is 2. The van der Waals surface area contributed by atoms with Gasteiger partial charge in [-0.05, 0) is 6.07 Å². The zero-order valence-corrected chi connectivity index (χ0v) is 28.5. The topological polar surface area (TPSA) is 382 Å². The van der Waals surface area contributed by atoms with Gasteiger partial charge in [0.15, 0.2) is 23.3 Å². The molecule has 3 aliphatic rings. The molecule has 47 heavy (non-hydrogen) atoms. The Morgan fingerprint density at radius 2 is 1.62 bits per heavy atom. The van der Waals surface area contributed by atoms with Gasteiger partial charge in [0, 0.05) is 6.20 Å². The first-order valence-electron chi connectivity index (χ1n) is 12.1. The summed E-state index contributed by atoms with van der Waals surface area (Å²) in [5, 5.41) is 20.4. The Balaban J connectivity index is 0.00000256. The Morgan fingerprint density at radius 3 is 2.26 bits per heavy atom. The number of nitrogens with one attached hydrogen (secondary N) is 1. The molecule has 260 valence electrons. The molecule has 0 spiro atoms. The number of aromatic amines is 1. The number of nitrogens with zero attached hydrogens (tertiary/aromatic N) is 5. The summed E-state index contributed by atoms with van der Waals surface area (Å²) in [6.07, 6.45) is -7.70. The summed E-state index contributed by atoms with van der Waals surface area (Å²) in [4.78, 5) is 62.2. The quantitative estimate of drug-likeness (QED) is 0.0703. The minimum absolute atomic E-state index is 0. The van der Waals surface area contributed by atoms with Gasteiger partial charge < -0.3 is 77.2 Å². The predicted octanol–water partition coefficient (Wildman–Crippen LogP) is -5.94. The fourth-order valence-corrected chi connectivity index (χ4v) is 6.86. The molecule has 28 heteroatoms. The smallest absolute Gasteiger partial charge is 0.783 e. The van der Waals surface area contributed by atoms with E-state index in [0.717, 1.165) is 10.8 Å². The normalized spacial score (nSPS) is 28.8. The molecule has 0 saturated carbocycles. The van der Waals surface area contributed by atoms with Crippen molar-refractivity contribution in [2.75, 3.05) is 24.7 Å². The first-order valence-corrected chi connectivity index (χ1v) is 15.9. The summed E-state index contributed by atoms with van der Waals surface area (Å²) in [5.74, 6) is -0.337. The summed E-state index contributed by atoms with van der Waals surface area (Å²) in [6, 6.07) is 0.241. The third-order valence-electron chi connectivity index (χ3n) is 6.25. The fraction of sp³-hybridized carbons (Fsp3) is 0.474. The number of nitrogens with two attached hydrogens (primary N) is 2. The zero-order chi connectivity index (χ0) is 32.1. The number of hydrogen-bond donors (Lipinski definition) is 7. The molecule has 23 nitrogen and oxygen atoms in total. The number of aliphatic hydroxyl groups excluding tert-OH is 2. The second-order valence-corrected chi connectivity index (χ2v) is 13.2. The maximum atomic E-state index is 12.5. The van der Waals surface area contributed by atoms with Crippen molar-refractivity contribution < 1.29 is 84.0 Å². The molecular formula is C19H26MoN8O15P2S2. The van der Waals surface area contributed by atoms with Crippen molar-refractivity contribution in [1.82, 2.24) is 19.5 Å². The molecule has 0 bridgehead atoms. The molecule has 5 rings (SSSR count). The van der Waals surface area contributed by atoms with Crippen LogP contribution in [0.3, 0.4) is 0 Å². The number of ether oxygens (including phenoxy) is 2. The number of rotatable bonds is 9. The molecule has 0 aliphatic carbocycles. The largest absolute Gasteiger partial charge is 2.00 e. The van der Waals surface area contributed by atoms with E-state index in [0.29, 0.717) is 0 Å². The Labute approximate surface area is 286 Å². The number of hydrogen-bond acceptors (Lipinski definition) is 19. The standard InChI is InChI=1S/C19H24N8O13P2S2.Mo.2H2O/c20-7-1-2-27(19(31)22-7)17-11(29)10(28)5(39-17)3-36-41(32,33)40-42(34,35)37-4-6-12(43)13(44)8-16(38-6)24-14-9(23-8)15(30)26-18(21)25-14;;;/h1-2,5-6,8,10-11,16-17,28-29,43-44H,3-4H2,(H,32,33)(H,34,35)(H2,20,22,31)(H3,21,24,25,26,30);;2*1H2/q;+2;;/p-2. The maximum Gasteiger partial charge on any atom is 2.00 e. The summed E-state index contributed by atoms with van der Waals surface area (Å²) < 4.78 is 50.5. The number of aliphatic hydroxyl groups is 2. The van der Waals surface area contributed by atoms with E-state index in [1.807, 2.05) is 0 Å². The molecule has 0 aromatic carbocycles. The second-order valence-electron chi connectivity index (χ2n) is 9.27. The molecule has 0 radical (unpaired) electrons. The number of anilines is 2. The van der Waals surface area contributed by atoms with E-state index >= 15 is 0 Å². The van der Waals surface area contributed by atoms with Crippen LogP contribution in [0.5, 0.6) is 0 Å². The molecule has 9 unspecified atom stereocenters. The summed E-state index contributed by atoms with van der Waals surface area (Å²) >= 11 is 10.6. The Morgan fingerprint density at radius 1 is 0.979 bits per heavy atom. The van der Waals surface area contributed by atoms with Gasteiger partial charge in [-0.25, -0.2) is 18.9 Å². The van der Waals surface area contributed by atoms with Crippen LogP contribution in [0.1, 0.15) is 6.23 Å². The van der Waals surface area contributed by atoms with E-state index in [4.69, 9.17) is 50.7 Å². The zero-order valence-electron chi connectivity index (χ0n) is 23.1. The van der Waals surface area contributed by atoms with E-state index < -0.39 is 83.0 Å². The SMILES string of the molecule is Nc1ccn(C2OC(COP(=O)(O)OP(=O)(O)OCC3OC4N=c5nc(N)[nH]c(=O)c5=NC4C([S-])=C3[S-])C(O)C2O)c(=O)n1.O.O.[Mo+2]. The molecular weight excluding hydrogens is 802 g/mol. The van der Waals surface area contributed by atoms with Gasteiger partial charge in [-0.15, -0.1) is 0 Å². The van der Waals surface area contributed by atoms with Crippen LogP contribution in [0.2, 0.25) is 0 Å². The summed E-state index contributed by atoms with van der Waals surface area (Å²) in [5.41, 5.74) is 9.24. The van der Waals surface area contributed by atoms with Crippen molar-refractivity contribution in [2.45, 2.75) is 42.9 Å². The van der Waals surface area contributed by atoms with Gasteiger partial charge in [-0.3, -0.25) is 28.4 Å². The van der Waals surface area contributed by atoms with E-state index in [9.17, 15) is 38.7 Å². The molecule has 2 aromatic heterocycles. The Hall–Kier alpha value is -2.15. The van der Waals surface area contributed by atoms with Gasteiger partial charge >= 0.3 is 42.4 Å². The van der Waals surface area contributed by atoms with Crippen molar-refractivity contribution in [2.24, 2.45) is 9.98 Å². The molecule has 3 aliphatic heterocycles. The summed E-state index contributed by atoms with van der Waals surface area (Å²) in [7, 11) is -10.7. The molecule has 13 N–H and O–H groups in total. The number of phosphoric acid groups is 2. The minimum Gasteiger partial charge on any atom is -0.783 e. The summed E-state index contributed by atoms with van der Waals surface area (Å²) in [6.45, 7) is -1.76. The number of fused-ring (bicyclic) bond motifs is 2. The Kier molecular flexibility index (Phi) is 13.6. The van der Waals surface area contributed by atoms with Crippen LogP contribution >= 0.6 is 15.6 Å². The third-order valence-corrected chi connectivity index (χ3v) is 9.93. The number of H-pyrrole nitrogens is 1. The van der Waals surface area contributed by atoms with Gasteiger partial charge in [0.25, 0.3) is 5.56 Å². The van der Waals surface area contributed by atoms with Crippen molar-refractivity contribution in [1.29, 1.82) is 0 Å². The van der Waals surface area contributed by atoms with Crippen LogP contribution < -0.4 is 33.6 Å². The third kappa shape index (κ3) is 8.91. The molecule has 2 aromatic rings. The maximum absolute atomic E-state index is 12.5. The van der Waals surface area contributed by atoms with Crippen molar-refractivity contribution in [3.63, 3.8) is 0 Å². The average molecular weight is 828 g/mol. The molecule has 5 heterocycles. The van der Waals surface area contributed by atoms with E-state index in [1.165, 1.54) is 6.07 Å².